The SMILES string of the molecule is C=C1O[C-]=C([C-](C)C(C)C)O1.[Re].[Rf]. The molecule has 0 aromatic carbocycles. The average Bonchev–Trinajstić information content (AvgIpc) is 2.34. The summed E-state index contributed by atoms with van der Waals surface area (Å²) < 4.78 is 9.95. The summed E-state index contributed by atoms with van der Waals surface area (Å²) in [5, 5.41) is 0. The molecule has 0 spiro atoms. The molecule has 0 aromatic heterocycles. The first-order valence-corrected chi connectivity index (χ1v) is 3.61. The number of hydrogen-bond acceptors (Lipinski definition) is 2. The molecule has 13 heavy (non-hydrogen) atoms. The molecule has 0 aromatic rings. The predicted molar refractivity (Wildman–Crippen MR) is 41.8 cm³/mol. The summed E-state index contributed by atoms with van der Waals surface area (Å²) in [6.45, 7) is 9.68. The normalized spacial score (nSPS) is 13.5. The first-order chi connectivity index (χ1) is 5.11. The van der Waals surface area contributed by atoms with Crippen LogP contribution in [0.5, 0.6) is 0 Å². The summed E-state index contributed by atoms with van der Waals surface area (Å²) >= 11 is 0. The van der Waals surface area contributed by atoms with E-state index in [2.05, 4.69) is 26.7 Å². The largest absolute Gasteiger partial charge is 0.678 e. The number of ether oxygens (including phenoxy) is 2. The van der Waals surface area contributed by atoms with E-state index in [9.17, 15) is 0 Å². The van der Waals surface area contributed by atoms with Gasteiger partial charge in [0.2, 0.25) is 0 Å². The Kier molecular flexibility index (Phi) is 5.76. The molecule has 71 valence electrons. The summed E-state index contributed by atoms with van der Waals surface area (Å²) in [5.41, 5.74) is 0. The van der Waals surface area contributed by atoms with Crippen molar-refractivity contribution in [2.45, 2.75) is 20.8 Å². The Bertz CT molecular complexity index is 202. The second-order valence-electron chi connectivity index (χ2n) is 2.85. The van der Waals surface area contributed by atoms with Gasteiger partial charge in [-0.05, 0) is 0 Å². The third kappa shape index (κ3) is 3.23. The predicted octanol–water partition coefficient (Wildman–Crippen LogP) is 2.40. The minimum absolute atomic E-state index is 0. The van der Waals surface area contributed by atoms with Crippen LogP contribution < -0.4 is 0 Å². The van der Waals surface area contributed by atoms with Crippen LogP contribution in [0.15, 0.2) is 18.3 Å². The molecule has 0 atom stereocenters. The van der Waals surface area contributed by atoms with Crippen LogP contribution in [-0.4, -0.2) is 0 Å². The zero-order chi connectivity index (χ0) is 8.43. The second kappa shape index (κ2) is 5.29. The number of rotatable bonds is 2. The summed E-state index contributed by atoms with van der Waals surface area (Å²) in [6, 6.07) is 0. The van der Waals surface area contributed by atoms with E-state index in [1.165, 1.54) is 0 Å². The molecule has 0 fully saturated rings. The van der Waals surface area contributed by atoms with E-state index in [1.807, 2.05) is 6.92 Å². The van der Waals surface area contributed by atoms with Gasteiger partial charge in [0.15, 0.2) is 0 Å². The Balaban J connectivity index is 0. The zero-order valence-electron chi connectivity index (χ0n) is 8.19. The van der Waals surface area contributed by atoms with Gasteiger partial charge >= 0.3 is 0 Å². The molecule has 0 aliphatic carbocycles. The summed E-state index contributed by atoms with van der Waals surface area (Å²) in [5.74, 6) is 2.56. The van der Waals surface area contributed by atoms with Crippen LogP contribution in [0.25, 0.3) is 0 Å². The van der Waals surface area contributed by atoms with Crippen LogP contribution in [-0.2, 0) is 29.9 Å². The fourth-order valence-electron chi connectivity index (χ4n) is 0.682. The minimum atomic E-state index is 0. The topological polar surface area (TPSA) is 18.5 Å². The van der Waals surface area contributed by atoms with Crippen molar-refractivity contribution >= 4 is 0 Å². The van der Waals surface area contributed by atoms with Crippen LogP contribution in [0.4, 0.5) is 0 Å². The first-order valence-electron chi connectivity index (χ1n) is 3.61. The smallest absolute Gasteiger partial charge is 0.0564 e. The molecule has 0 saturated carbocycles. The Morgan fingerprint density at radius 2 is 2.00 bits per heavy atom. The van der Waals surface area contributed by atoms with E-state index >= 15 is 0 Å². The molecule has 1 radical (unpaired) electrons. The fourth-order valence-corrected chi connectivity index (χ4v) is 0.682. The Morgan fingerprint density at radius 1 is 1.46 bits per heavy atom. The van der Waals surface area contributed by atoms with Gasteiger partial charge < -0.3 is 9.47 Å². The molecule has 1 heterocycles. The summed E-state index contributed by atoms with van der Waals surface area (Å²) in [4.78, 5) is 0. The molecule has 0 N–H and O–H groups in total. The van der Waals surface area contributed by atoms with E-state index < -0.39 is 0 Å². The number of allylic oxidation sites excluding steroid dienone is 1. The van der Waals surface area contributed by atoms with Crippen molar-refractivity contribution in [1.29, 1.82) is 0 Å². The van der Waals surface area contributed by atoms with Crippen molar-refractivity contribution in [3.8, 4) is 0 Å². The van der Waals surface area contributed by atoms with Gasteiger partial charge in [0.1, 0.15) is 0 Å². The standard InChI is InChI=1S/C9H12O2.Re.Rf/c1-6(2)7(3)9-5-10-8(4)11-9;;/h6H,4H2,1-3H3;;/q-2;;. The van der Waals surface area contributed by atoms with Crippen molar-refractivity contribution in [2.24, 2.45) is 5.92 Å². The molecule has 4 heteroatoms. The molecule has 1 rings (SSSR count). The fraction of sp³-hybridized carbons (Fsp3) is 0.444. The molecule has 0 bridgehead atoms. The Labute approximate surface area is 87.3 Å². The maximum Gasteiger partial charge on any atom is 0.0564 e. The van der Waals surface area contributed by atoms with Gasteiger partial charge in [-0.2, -0.15) is 0 Å². The third-order valence-corrected chi connectivity index (χ3v) is 1.70. The van der Waals surface area contributed by atoms with Gasteiger partial charge in [-0.15, -0.1) is 25.7 Å². The zero-order valence-corrected chi connectivity index (χ0v) is 17.3. The monoisotopic (exact) mass is 606 g/mol. The second-order valence-corrected chi connectivity index (χ2v) is 2.85. The van der Waals surface area contributed by atoms with Crippen molar-refractivity contribution in [1.82, 2.24) is 0 Å². The van der Waals surface area contributed by atoms with Gasteiger partial charge in [-0.1, -0.05) is 19.6 Å². The molecular formula is C9H12O2ReRf-2. The van der Waals surface area contributed by atoms with E-state index in [0.29, 0.717) is 17.6 Å². The number of hydrogen-bond donors (Lipinski definition) is 0. The molecule has 0 amide bonds. The van der Waals surface area contributed by atoms with Gasteiger partial charge in [-0.25, -0.2) is 5.92 Å². The van der Waals surface area contributed by atoms with Gasteiger partial charge in [-0.3, -0.25) is 0 Å². The summed E-state index contributed by atoms with van der Waals surface area (Å²) in [7, 11) is 0. The van der Waals surface area contributed by atoms with E-state index in [1.54, 1.807) is 0 Å². The van der Waals surface area contributed by atoms with Gasteiger partial charge in [0.25, 0.3) is 0 Å². The quantitative estimate of drug-likeness (QED) is 0.451. The van der Waals surface area contributed by atoms with Crippen LogP contribution >= 0.6 is 0 Å². The van der Waals surface area contributed by atoms with Crippen molar-refractivity contribution in [3.63, 3.8) is 0 Å². The van der Waals surface area contributed by atoms with Gasteiger partial charge in [0.05, 0.1) is 5.95 Å². The van der Waals surface area contributed by atoms with E-state index in [4.69, 9.17) is 9.47 Å². The van der Waals surface area contributed by atoms with Crippen molar-refractivity contribution < 1.29 is 29.9 Å². The van der Waals surface area contributed by atoms with Gasteiger partial charge in [0, 0.05) is 20.4 Å². The Morgan fingerprint density at radius 3 is 2.31 bits per heavy atom. The molecule has 1 aliphatic heterocycles. The minimum Gasteiger partial charge on any atom is -0.678 e. The van der Waals surface area contributed by atoms with Crippen LogP contribution in [0.1, 0.15) is 20.8 Å². The molecule has 1 aliphatic rings. The van der Waals surface area contributed by atoms with E-state index in [0.717, 1.165) is 5.92 Å². The average molecular weight is 605 g/mol. The maximum atomic E-state index is 5.14. The van der Waals surface area contributed by atoms with Crippen LogP contribution in [0.3, 0.4) is 0 Å². The van der Waals surface area contributed by atoms with Crippen molar-refractivity contribution in [2.75, 3.05) is 0 Å². The van der Waals surface area contributed by atoms with E-state index in [-0.39, 0.29) is 20.4 Å². The molecule has 0 saturated heterocycles. The molecule has 2 nitrogen and oxygen atoms in total. The van der Waals surface area contributed by atoms with Crippen LogP contribution in [0, 0.1) is 18.1 Å². The first kappa shape index (κ1) is 14.2. The maximum absolute atomic E-state index is 5.14. The molecular weight excluding hydrogens is 593 g/mol. The van der Waals surface area contributed by atoms with Crippen molar-refractivity contribution in [3.05, 3.63) is 30.5 Å². The summed E-state index contributed by atoms with van der Waals surface area (Å²) in [6.07, 6.45) is 2.65. The molecule has 0 unspecified atom stereocenters. The van der Waals surface area contributed by atoms with Crippen LogP contribution in [0.2, 0.25) is 0 Å². The third-order valence-electron chi connectivity index (χ3n) is 1.70. The Hall–Kier alpha value is -1.39.